The molecule has 0 aromatic heterocycles. The first-order valence-corrected chi connectivity index (χ1v) is 6.67. The number of aromatic hydroxyl groups is 3. The lowest BCUT2D eigenvalue weighted by atomic mass is 10.1. The van der Waals surface area contributed by atoms with Crippen LogP contribution >= 0.6 is 0 Å². The van der Waals surface area contributed by atoms with E-state index in [-0.39, 0.29) is 11.5 Å². The van der Waals surface area contributed by atoms with E-state index in [2.05, 4.69) is 16.3 Å². The van der Waals surface area contributed by atoms with Gasteiger partial charge in [-0.3, -0.25) is 0 Å². The van der Waals surface area contributed by atoms with Gasteiger partial charge in [-0.2, -0.15) is 0 Å². The third kappa shape index (κ3) is 3.79. The highest BCUT2D eigenvalue weighted by molar-refractivity contribution is 5.54. The van der Waals surface area contributed by atoms with Crippen molar-refractivity contribution in [2.24, 2.45) is 0 Å². The van der Waals surface area contributed by atoms with Gasteiger partial charge in [0, 0.05) is 24.3 Å². The maximum Gasteiger partial charge on any atom is 0.200 e. The average Bonchev–Trinajstić information content (AvgIpc) is 2.44. The van der Waals surface area contributed by atoms with Crippen LogP contribution in [0.4, 0.5) is 5.69 Å². The Morgan fingerprint density at radius 3 is 2.48 bits per heavy atom. The highest BCUT2D eigenvalue weighted by atomic mass is 16.3. The summed E-state index contributed by atoms with van der Waals surface area (Å²) in [5.41, 5.74) is 2.63. The van der Waals surface area contributed by atoms with E-state index in [0.717, 1.165) is 12.2 Å². The summed E-state index contributed by atoms with van der Waals surface area (Å²) in [7, 11) is 4.02. The molecule has 0 aliphatic carbocycles. The molecule has 0 amide bonds. The van der Waals surface area contributed by atoms with Gasteiger partial charge >= 0.3 is 0 Å². The maximum absolute atomic E-state index is 9.77. The fraction of sp³-hybridized carbons (Fsp3) is 0.250. The van der Waals surface area contributed by atoms with Crippen LogP contribution in [0.3, 0.4) is 0 Å². The Labute approximate surface area is 124 Å². The van der Waals surface area contributed by atoms with Gasteiger partial charge in [-0.25, -0.2) is 0 Å². The van der Waals surface area contributed by atoms with Crippen molar-refractivity contribution in [1.29, 1.82) is 0 Å². The second-order valence-electron chi connectivity index (χ2n) is 5.23. The molecule has 5 heteroatoms. The molecule has 0 radical (unpaired) electrons. The van der Waals surface area contributed by atoms with Crippen LogP contribution in [0.2, 0.25) is 0 Å². The summed E-state index contributed by atoms with van der Waals surface area (Å²) in [6.45, 7) is 1.20. The van der Waals surface area contributed by atoms with Gasteiger partial charge in [0.15, 0.2) is 11.5 Å². The van der Waals surface area contributed by atoms with E-state index in [1.54, 1.807) is 6.07 Å². The number of hydrogen-bond acceptors (Lipinski definition) is 5. The Bertz CT molecular complexity index is 627. The number of hydrogen-bond donors (Lipinski definition) is 4. The summed E-state index contributed by atoms with van der Waals surface area (Å²) in [5.74, 6) is -1.12. The molecular formula is C16H20N2O3. The minimum absolute atomic E-state index is 0.299. The van der Waals surface area contributed by atoms with E-state index in [1.165, 1.54) is 11.6 Å². The van der Waals surface area contributed by atoms with Crippen molar-refractivity contribution in [3.05, 3.63) is 47.5 Å². The van der Waals surface area contributed by atoms with Crippen LogP contribution in [-0.4, -0.2) is 34.3 Å². The topological polar surface area (TPSA) is 76.0 Å². The lowest BCUT2D eigenvalue weighted by molar-refractivity contribution is 0.365. The van der Waals surface area contributed by atoms with Crippen molar-refractivity contribution in [2.75, 3.05) is 19.4 Å². The van der Waals surface area contributed by atoms with Gasteiger partial charge in [-0.05, 0) is 43.9 Å². The van der Waals surface area contributed by atoms with Gasteiger partial charge < -0.3 is 25.5 Å². The molecule has 2 rings (SSSR count). The number of rotatable bonds is 5. The van der Waals surface area contributed by atoms with Crippen LogP contribution in [0.25, 0.3) is 0 Å². The van der Waals surface area contributed by atoms with E-state index in [0.29, 0.717) is 12.1 Å². The first-order chi connectivity index (χ1) is 9.97. The van der Waals surface area contributed by atoms with Gasteiger partial charge in [0.2, 0.25) is 5.75 Å². The number of anilines is 1. The Morgan fingerprint density at radius 1 is 1.00 bits per heavy atom. The van der Waals surface area contributed by atoms with Crippen molar-refractivity contribution in [3.8, 4) is 17.2 Å². The fourth-order valence-corrected chi connectivity index (χ4v) is 2.10. The Balaban J connectivity index is 2.08. The average molecular weight is 288 g/mol. The van der Waals surface area contributed by atoms with Crippen LogP contribution < -0.4 is 5.32 Å². The van der Waals surface area contributed by atoms with Gasteiger partial charge in [-0.15, -0.1) is 0 Å². The molecule has 0 aliphatic heterocycles. The highest BCUT2D eigenvalue weighted by Crippen LogP contribution is 2.37. The summed E-state index contributed by atoms with van der Waals surface area (Å²) in [6, 6.07) is 10.9. The van der Waals surface area contributed by atoms with Crippen LogP contribution in [0.5, 0.6) is 17.2 Å². The zero-order chi connectivity index (χ0) is 15.4. The summed E-state index contributed by atoms with van der Waals surface area (Å²) in [6.07, 6.45) is 0. The number of benzene rings is 2. The SMILES string of the molecule is CN(C)Cc1cccc(NCc2ccc(O)c(O)c2O)c1. The monoisotopic (exact) mass is 288 g/mol. The van der Waals surface area contributed by atoms with Gasteiger partial charge in [0.25, 0.3) is 0 Å². The third-order valence-corrected chi connectivity index (χ3v) is 3.12. The van der Waals surface area contributed by atoms with E-state index in [4.69, 9.17) is 0 Å². The number of nitrogens with zero attached hydrogens (tertiary/aromatic N) is 1. The van der Waals surface area contributed by atoms with E-state index in [1.807, 2.05) is 32.3 Å². The molecule has 0 unspecified atom stereocenters. The number of nitrogens with one attached hydrogen (secondary N) is 1. The molecule has 2 aromatic carbocycles. The van der Waals surface area contributed by atoms with E-state index >= 15 is 0 Å². The van der Waals surface area contributed by atoms with Crippen LogP contribution in [-0.2, 0) is 13.1 Å². The molecule has 0 aliphatic rings. The van der Waals surface area contributed by atoms with Crippen molar-refractivity contribution in [3.63, 3.8) is 0 Å². The molecule has 112 valence electrons. The van der Waals surface area contributed by atoms with Crippen LogP contribution in [0.15, 0.2) is 36.4 Å². The normalized spacial score (nSPS) is 10.8. The first kappa shape index (κ1) is 15.0. The maximum atomic E-state index is 9.77. The predicted molar refractivity (Wildman–Crippen MR) is 82.6 cm³/mol. The molecular weight excluding hydrogens is 268 g/mol. The van der Waals surface area contributed by atoms with Gasteiger partial charge in [-0.1, -0.05) is 12.1 Å². The van der Waals surface area contributed by atoms with Crippen molar-refractivity contribution in [2.45, 2.75) is 13.1 Å². The van der Waals surface area contributed by atoms with E-state index in [9.17, 15) is 15.3 Å². The molecule has 0 saturated heterocycles. The Hall–Kier alpha value is -2.40. The minimum Gasteiger partial charge on any atom is -0.504 e. The van der Waals surface area contributed by atoms with Crippen LogP contribution in [0.1, 0.15) is 11.1 Å². The van der Waals surface area contributed by atoms with Crippen LogP contribution in [0, 0.1) is 0 Å². The molecule has 0 saturated carbocycles. The first-order valence-electron chi connectivity index (χ1n) is 6.67. The third-order valence-electron chi connectivity index (χ3n) is 3.12. The molecule has 4 N–H and O–H groups in total. The summed E-state index contributed by atoms with van der Waals surface area (Å²) >= 11 is 0. The molecule has 21 heavy (non-hydrogen) atoms. The lowest BCUT2D eigenvalue weighted by Gasteiger charge is -2.13. The molecule has 0 bridgehead atoms. The zero-order valence-corrected chi connectivity index (χ0v) is 12.2. The number of phenols is 3. The Kier molecular flexibility index (Phi) is 4.55. The zero-order valence-electron chi connectivity index (χ0n) is 12.2. The molecule has 0 atom stereocenters. The number of phenolic OH excluding ortho intramolecular Hbond substituents is 3. The second kappa shape index (κ2) is 6.37. The van der Waals surface area contributed by atoms with Crippen molar-refractivity contribution in [1.82, 2.24) is 4.90 Å². The fourth-order valence-electron chi connectivity index (χ4n) is 2.10. The van der Waals surface area contributed by atoms with E-state index < -0.39 is 5.75 Å². The molecule has 5 nitrogen and oxygen atoms in total. The van der Waals surface area contributed by atoms with Gasteiger partial charge in [0.05, 0.1) is 0 Å². The summed E-state index contributed by atoms with van der Waals surface area (Å²) < 4.78 is 0. The summed E-state index contributed by atoms with van der Waals surface area (Å²) in [5, 5.41) is 31.8. The minimum atomic E-state index is -0.490. The highest BCUT2D eigenvalue weighted by Gasteiger charge is 2.10. The predicted octanol–water partition coefficient (Wildman–Crippen LogP) is 2.48. The molecule has 0 heterocycles. The largest absolute Gasteiger partial charge is 0.504 e. The standard InChI is InChI=1S/C16H20N2O3/c1-18(2)10-11-4-3-5-13(8-11)17-9-12-6-7-14(19)16(21)15(12)20/h3-8,17,19-21H,9-10H2,1-2H3. The molecule has 0 spiro atoms. The molecule has 0 fully saturated rings. The van der Waals surface area contributed by atoms with Gasteiger partial charge in [0.1, 0.15) is 0 Å². The second-order valence-corrected chi connectivity index (χ2v) is 5.23. The lowest BCUT2D eigenvalue weighted by Crippen LogP contribution is -2.10. The quantitative estimate of drug-likeness (QED) is 0.636. The Morgan fingerprint density at radius 2 is 1.76 bits per heavy atom. The smallest absolute Gasteiger partial charge is 0.200 e. The molecule has 2 aromatic rings. The summed E-state index contributed by atoms with van der Waals surface area (Å²) in [4.78, 5) is 2.09. The van der Waals surface area contributed by atoms with Crippen molar-refractivity contribution >= 4 is 5.69 Å². The van der Waals surface area contributed by atoms with Crippen molar-refractivity contribution < 1.29 is 15.3 Å².